The Morgan fingerprint density at radius 2 is 2.00 bits per heavy atom. The summed E-state index contributed by atoms with van der Waals surface area (Å²) < 4.78 is 45.3. The highest BCUT2D eigenvalue weighted by molar-refractivity contribution is 5.46. The fourth-order valence-electron chi connectivity index (χ4n) is 2.79. The molecule has 1 aromatic heterocycles. The van der Waals surface area contributed by atoms with Crippen LogP contribution in [-0.2, 0) is 12.8 Å². The van der Waals surface area contributed by atoms with Crippen molar-refractivity contribution < 1.29 is 17.9 Å². The standard InChI is InChI=1S/C18H20F3N3O/c1-13-11-22-7-8-24(13)16-9-15(18(19,20)21)10-17(23-16)25-12-14-5-3-2-4-6-14/h2-6,9-10,13,22H,7-8,11-12H2,1H3/t13-/m0/s1. The minimum Gasteiger partial charge on any atom is -0.473 e. The Morgan fingerprint density at radius 3 is 2.68 bits per heavy atom. The number of hydrogen-bond acceptors (Lipinski definition) is 4. The molecule has 3 rings (SSSR count). The number of rotatable bonds is 4. The molecular formula is C18H20F3N3O. The van der Waals surface area contributed by atoms with Gasteiger partial charge in [-0.1, -0.05) is 30.3 Å². The summed E-state index contributed by atoms with van der Waals surface area (Å²) in [5, 5.41) is 3.22. The van der Waals surface area contributed by atoms with Crippen LogP contribution in [-0.4, -0.2) is 30.7 Å². The summed E-state index contributed by atoms with van der Waals surface area (Å²) in [7, 11) is 0. The molecule has 1 saturated heterocycles. The average Bonchev–Trinajstić information content (AvgIpc) is 2.60. The first kappa shape index (κ1) is 17.5. The Hall–Kier alpha value is -2.28. The van der Waals surface area contributed by atoms with Crippen LogP contribution < -0.4 is 15.0 Å². The predicted molar refractivity (Wildman–Crippen MR) is 89.7 cm³/mol. The number of benzene rings is 1. The molecule has 0 radical (unpaired) electrons. The number of nitrogens with one attached hydrogen (secondary N) is 1. The summed E-state index contributed by atoms with van der Waals surface area (Å²) in [6.45, 7) is 4.15. The second-order valence-electron chi connectivity index (χ2n) is 6.07. The maximum atomic E-state index is 13.3. The van der Waals surface area contributed by atoms with E-state index in [-0.39, 0.29) is 18.5 Å². The molecule has 0 unspecified atom stereocenters. The highest BCUT2D eigenvalue weighted by atomic mass is 19.4. The van der Waals surface area contributed by atoms with Crippen LogP contribution in [0.1, 0.15) is 18.1 Å². The highest BCUT2D eigenvalue weighted by Crippen LogP contribution is 2.34. The van der Waals surface area contributed by atoms with Crippen molar-refractivity contribution >= 4 is 5.82 Å². The second kappa shape index (κ2) is 7.31. The van der Waals surface area contributed by atoms with Crippen LogP contribution in [0, 0.1) is 0 Å². The van der Waals surface area contributed by atoms with Crippen LogP contribution in [0.15, 0.2) is 42.5 Å². The molecule has 1 atom stereocenters. The summed E-state index contributed by atoms with van der Waals surface area (Å²) >= 11 is 0. The van der Waals surface area contributed by atoms with Gasteiger partial charge in [0.05, 0.1) is 5.56 Å². The zero-order valence-corrected chi connectivity index (χ0v) is 13.9. The molecular weight excluding hydrogens is 331 g/mol. The van der Waals surface area contributed by atoms with E-state index in [1.165, 1.54) is 0 Å². The van der Waals surface area contributed by atoms with Crippen LogP contribution in [0.3, 0.4) is 0 Å². The van der Waals surface area contributed by atoms with Crippen molar-refractivity contribution in [2.24, 2.45) is 0 Å². The number of ether oxygens (including phenoxy) is 1. The number of piperazine rings is 1. The van der Waals surface area contributed by atoms with Gasteiger partial charge in [0, 0.05) is 31.7 Å². The normalized spacial score (nSPS) is 18.2. The summed E-state index contributed by atoms with van der Waals surface area (Å²) in [5.74, 6) is 0.284. The van der Waals surface area contributed by atoms with Crippen molar-refractivity contribution in [2.75, 3.05) is 24.5 Å². The first-order chi connectivity index (χ1) is 11.9. The molecule has 7 heteroatoms. The van der Waals surface area contributed by atoms with Gasteiger partial charge in [-0.2, -0.15) is 18.2 Å². The van der Waals surface area contributed by atoms with E-state index in [0.717, 1.165) is 17.7 Å². The van der Waals surface area contributed by atoms with Gasteiger partial charge in [0.2, 0.25) is 5.88 Å². The van der Waals surface area contributed by atoms with E-state index in [1.807, 2.05) is 42.2 Å². The number of halogens is 3. The third-order valence-electron chi connectivity index (χ3n) is 4.14. The molecule has 4 nitrogen and oxygen atoms in total. The topological polar surface area (TPSA) is 37.4 Å². The van der Waals surface area contributed by atoms with E-state index in [0.29, 0.717) is 25.5 Å². The summed E-state index contributed by atoms with van der Waals surface area (Å²) in [5.41, 5.74) is 0.130. The van der Waals surface area contributed by atoms with E-state index in [9.17, 15) is 13.2 Å². The van der Waals surface area contributed by atoms with E-state index < -0.39 is 11.7 Å². The van der Waals surface area contributed by atoms with Gasteiger partial charge in [-0.25, -0.2) is 0 Å². The van der Waals surface area contributed by atoms with Crippen molar-refractivity contribution in [3.63, 3.8) is 0 Å². The first-order valence-electron chi connectivity index (χ1n) is 8.17. The quantitative estimate of drug-likeness (QED) is 0.915. The van der Waals surface area contributed by atoms with E-state index in [1.54, 1.807) is 0 Å². The lowest BCUT2D eigenvalue weighted by atomic mass is 10.2. The maximum Gasteiger partial charge on any atom is 0.416 e. The summed E-state index contributed by atoms with van der Waals surface area (Å²) in [6.07, 6.45) is -4.44. The lowest BCUT2D eigenvalue weighted by molar-refractivity contribution is -0.137. The molecule has 134 valence electrons. The van der Waals surface area contributed by atoms with Gasteiger partial charge in [0.15, 0.2) is 0 Å². The van der Waals surface area contributed by atoms with Crippen molar-refractivity contribution in [1.82, 2.24) is 10.3 Å². The van der Waals surface area contributed by atoms with Crippen molar-refractivity contribution in [2.45, 2.75) is 25.7 Å². The fraction of sp³-hybridized carbons (Fsp3) is 0.389. The lowest BCUT2D eigenvalue weighted by Crippen LogP contribution is -2.50. The predicted octanol–water partition coefficient (Wildman–Crippen LogP) is 3.48. The largest absolute Gasteiger partial charge is 0.473 e. The zero-order chi connectivity index (χ0) is 17.9. The number of anilines is 1. The SMILES string of the molecule is C[C@H]1CNCCN1c1cc(C(F)(F)F)cc(OCc2ccccc2)n1. The van der Waals surface area contributed by atoms with Gasteiger partial charge >= 0.3 is 6.18 Å². The monoisotopic (exact) mass is 351 g/mol. The number of hydrogen-bond donors (Lipinski definition) is 1. The first-order valence-corrected chi connectivity index (χ1v) is 8.17. The maximum absolute atomic E-state index is 13.3. The molecule has 1 aromatic carbocycles. The zero-order valence-electron chi connectivity index (χ0n) is 13.9. The van der Waals surface area contributed by atoms with Gasteiger partial charge in [0.1, 0.15) is 12.4 Å². The van der Waals surface area contributed by atoms with Crippen molar-refractivity contribution in [3.05, 3.63) is 53.6 Å². The number of aromatic nitrogens is 1. The minimum absolute atomic E-state index is 0.0144. The van der Waals surface area contributed by atoms with E-state index in [4.69, 9.17) is 4.74 Å². The van der Waals surface area contributed by atoms with Crippen LogP contribution in [0.2, 0.25) is 0 Å². The molecule has 0 bridgehead atoms. The third kappa shape index (κ3) is 4.42. The van der Waals surface area contributed by atoms with Crippen LogP contribution in [0.5, 0.6) is 5.88 Å². The lowest BCUT2D eigenvalue weighted by Gasteiger charge is -2.35. The smallest absolute Gasteiger partial charge is 0.416 e. The molecule has 0 amide bonds. The molecule has 0 aliphatic carbocycles. The van der Waals surface area contributed by atoms with Crippen LogP contribution in [0.4, 0.5) is 19.0 Å². The van der Waals surface area contributed by atoms with E-state index >= 15 is 0 Å². The molecule has 1 fully saturated rings. The molecule has 0 saturated carbocycles. The van der Waals surface area contributed by atoms with Gasteiger partial charge in [-0.05, 0) is 18.6 Å². The fourth-order valence-corrected chi connectivity index (χ4v) is 2.79. The second-order valence-corrected chi connectivity index (χ2v) is 6.07. The Bertz CT molecular complexity index is 706. The molecule has 2 aromatic rings. The van der Waals surface area contributed by atoms with Crippen molar-refractivity contribution in [1.29, 1.82) is 0 Å². The molecule has 1 aliphatic rings. The Labute approximate surface area is 144 Å². The average molecular weight is 351 g/mol. The highest BCUT2D eigenvalue weighted by Gasteiger charge is 2.33. The van der Waals surface area contributed by atoms with E-state index in [2.05, 4.69) is 10.3 Å². The van der Waals surface area contributed by atoms with Crippen molar-refractivity contribution in [3.8, 4) is 5.88 Å². The number of pyridine rings is 1. The van der Waals surface area contributed by atoms with Gasteiger partial charge in [0.25, 0.3) is 0 Å². The van der Waals surface area contributed by atoms with Crippen LogP contribution >= 0.6 is 0 Å². The third-order valence-corrected chi connectivity index (χ3v) is 4.14. The number of nitrogens with zero attached hydrogens (tertiary/aromatic N) is 2. The molecule has 1 N–H and O–H groups in total. The molecule has 0 spiro atoms. The Morgan fingerprint density at radius 1 is 1.24 bits per heavy atom. The molecule has 2 heterocycles. The van der Waals surface area contributed by atoms with Gasteiger partial charge in [-0.15, -0.1) is 0 Å². The Balaban J connectivity index is 1.87. The van der Waals surface area contributed by atoms with Crippen LogP contribution in [0.25, 0.3) is 0 Å². The number of alkyl halides is 3. The van der Waals surface area contributed by atoms with Gasteiger partial charge in [-0.3, -0.25) is 0 Å². The van der Waals surface area contributed by atoms with Gasteiger partial charge < -0.3 is 15.0 Å². The minimum atomic E-state index is -4.44. The molecule has 25 heavy (non-hydrogen) atoms. The molecule has 1 aliphatic heterocycles. The summed E-state index contributed by atoms with van der Waals surface area (Å²) in [6, 6.07) is 11.4. The Kier molecular flexibility index (Phi) is 5.13. The summed E-state index contributed by atoms with van der Waals surface area (Å²) in [4.78, 5) is 6.19.